The molecule has 0 amide bonds. The molecule has 1 fully saturated rings. The molecule has 0 spiro atoms. The van der Waals surface area contributed by atoms with Crippen LogP contribution in [0.1, 0.15) is 25.8 Å². The molecule has 1 aromatic rings. The molecule has 1 saturated heterocycles. The molecular formula is C12H17BrN2O. The van der Waals surface area contributed by atoms with Gasteiger partial charge in [-0.15, -0.1) is 0 Å². The predicted octanol–water partition coefficient (Wildman–Crippen LogP) is 2.57. The van der Waals surface area contributed by atoms with E-state index in [0.29, 0.717) is 12.0 Å². The Kier molecular flexibility index (Phi) is 3.50. The van der Waals surface area contributed by atoms with Gasteiger partial charge in [-0.2, -0.15) is 0 Å². The van der Waals surface area contributed by atoms with Gasteiger partial charge in [-0.1, -0.05) is 6.92 Å². The molecule has 0 bridgehead atoms. The van der Waals surface area contributed by atoms with Crippen molar-refractivity contribution < 1.29 is 5.11 Å². The summed E-state index contributed by atoms with van der Waals surface area (Å²) in [7, 11) is 0. The lowest BCUT2D eigenvalue weighted by molar-refractivity contribution is 0.281. The van der Waals surface area contributed by atoms with Gasteiger partial charge in [0, 0.05) is 28.8 Å². The second kappa shape index (κ2) is 4.72. The molecule has 4 heteroatoms. The maximum absolute atomic E-state index is 9.37. The molecule has 2 rings (SSSR count). The van der Waals surface area contributed by atoms with Crippen LogP contribution >= 0.6 is 15.9 Å². The first kappa shape index (κ1) is 11.9. The molecule has 0 radical (unpaired) electrons. The minimum absolute atomic E-state index is 0.0410. The van der Waals surface area contributed by atoms with Gasteiger partial charge in [0.25, 0.3) is 0 Å². The minimum atomic E-state index is 0.0410. The van der Waals surface area contributed by atoms with Gasteiger partial charge in [0.1, 0.15) is 5.82 Å². The van der Waals surface area contributed by atoms with Crippen LogP contribution in [0.2, 0.25) is 0 Å². The van der Waals surface area contributed by atoms with E-state index in [-0.39, 0.29) is 6.61 Å². The molecule has 0 aliphatic carbocycles. The second-order valence-corrected chi connectivity index (χ2v) is 5.55. The van der Waals surface area contributed by atoms with Crippen molar-refractivity contribution in [1.82, 2.24) is 4.98 Å². The van der Waals surface area contributed by atoms with E-state index in [1.165, 1.54) is 6.42 Å². The molecule has 2 atom stereocenters. The zero-order valence-corrected chi connectivity index (χ0v) is 11.2. The van der Waals surface area contributed by atoms with E-state index in [4.69, 9.17) is 0 Å². The average Bonchev–Trinajstić information content (AvgIpc) is 2.57. The van der Waals surface area contributed by atoms with Crippen LogP contribution in [0.4, 0.5) is 5.82 Å². The van der Waals surface area contributed by atoms with Gasteiger partial charge in [0.2, 0.25) is 0 Å². The number of nitrogens with zero attached hydrogens (tertiary/aromatic N) is 2. The summed E-state index contributed by atoms with van der Waals surface area (Å²) in [6.45, 7) is 5.55. The van der Waals surface area contributed by atoms with Gasteiger partial charge in [-0.25, -0.2) is 4.98 Å². The summed E-state index contributed by atoms with van der Waals surface area (Å²) >= 11 is 3.38. The molecule has 16 heavy (non-hydrogen) atoms. The van der Waals surface area contributed by atoms with E-state index in [0.717, 1.165) is 22.4 Å². The van der Waals surface area contributed by atoms with Crippen LogP contribution in [0.3, 0.4) is 0 Å². The summed E-state index contributed by atoms with van der Waals surface area (Å²) < 4.78 is 0.917. The summed E-state index contributed by atoms with van der Waals surface area (Å²) in [6, 6.07) is 2.45. The van der Waals surface area contributed by atoms with Crippen LogP contribution in [0, 0.1) is 5.92 Å². The zero-order chi connectivity index (χ0) is 11.7. The molecule has 1 aliphatic heterocycles. The van der Waals surface area contributed by atoms with Crippen molar-refractivity contribution >= 4 is 21.7 Å². The number of anilines is 1. The molecule has 88 valence electrons. The van der Waals surface area contributed by atoms with E-state index in [9.17, 15) is 5.11 Å². The Labute approximate surface area is 105 Å². The quantitative estimate of drug-likeness (QED) is 0.907. The number of aliphatic hydroxyl groups is 1. The number of aromatic nitrogens is 1. The minimum Gasteiger partial charge on any atom is -0.392 e. The topological polar surface area (TPSA) is 36.4 Å². The number of hydrogen-bond acceptors (Lipinski definition) is 3. The summed E-state index contributed by atoms with van der Waals surface area (Å²) in [6.07, 6.45) is 2.99. The lowest BCUT2D eigenvalue weighted by Gasteiger charge is -2.24. The Balaban J connectivity index is 2.32. The van der Waals surface area contributed by atoms with Gasteiger partial charge >= 0.3 is 0 Å². The van der Waals surface area contributed by atoms with Crippen molar-refractivity contribution in [2.75, 3.05) is 11.4 Å². The van der Waals surface area contributed by atoms with Crippen LogP contribution in [-0.4, -0.2) is 22.7 Å². The highest BCUT2D eigenvalue weighted by Crippen LogP contribution is 2.30. The number of rotatable bonds is 2. The van der Waals surface area contributed by atoms with Gasteiger partial charge in [0.05, 0.1) is 6.61 Å². The number of aliphatic hydroxyl groups excluding tert-OH is 1. The number of hydrogen-bond donors (Lipinski definition) is 1. The molecule has 2 unspecified atom stereocenters. The van der Waals surface area contributed by atoms with Crippen LogP contribution in [0.5, 0.6) is 0 Å². The van der Waals surface area contributed by atoms with Crippen molar-refractivity contribution in [3.8, 4) is 0 Å². The highest BCUT2D eigenvalue weighted by Gasteiger charge is 2.28. The monoisotopic (exact) mass is 284 g/mol. The molecule has 0 aromatic carbocycles. The van der Waals surface area contributed by atoms with Crippen LogP contribution in [-0.2, 0) is 6.61 Å². The highest BCUT2D eigenvalue weighted by molar-refractivity contribution is 9.10. The lowest BCUT2D eigenvalue weighted by Crippen LogP contribution is -2.28. The maximum atomic E-state index is 9.37. The van der Waals surface area contributed by atoms with Gasteiger partial charge in [-0.3, -0.25) is 0 Å². The summed E-state index contributed by atoms with van der Waals surface area (Å²) in [5.41, 5.74) is 0.898. The molecule has 3 nitrogen and oxygen atoms in total. The van der Waals surface area contributed by atoms with Gasteiger partial charge in [-0.05, 0) is 41.3 Å². The number of halogens is 1. The summed E-state index contributed by atoms with van der Waals surface area (Å²) in [4.78, 5) is 6.73. The standard InChI is InChI=1S/C12H17BrN2O/c1-8-3-9(2)15(6-8)12-10(7-16)4-11(13)5-14-12/h4-5,8-9,16H,3,6-7H2,1-2H3. The maximum Gasteiger partial charge on any atom is 0.134 e. The Hall–Kier alpha value is -0.610. The van der Waals surface area contributed by atoms with E-state index in [1.54, 1.807) is 6.20 Å². The SMILES string of the molecule is CC1CC(C)N(c2ncc(Br)cc2CO)C1. The first-order chi connectivity index (χ1) is 7.61. The van der Waals surface area contributed by atoms with Crippen molar-refractivity contribution in [3.05, 3.63) is 22.3 Å². The smallest absolute Gasteiger partial charge is 0.134 e. The summed E-state index contributed by atoms with van der Waals surface area (Å²) in [5.74, 6) is 1.63. The van der Waals surface area contributed by atoms with Crippen molar-refractivity contribution in [2.24, 2.45) is 5.92 Å². The normalized spacial score (nSPS) is 25.1. The zero-order valence-electron chi connectivity index (χ0n) is 9.65. The molecule has 1 N–H and O–H groups in total. The van der Waals surface area contributed by atoms with E-state index in [2.05, 4.69) is 39.7 Å². The van der Waals surface area contributed by atoms with Gasteiger partial charge < -0.3 is 10.0 Å². The Bertz CT molecular complexity index is 383. The average molecular weight is 285 g/mol. The number of pyridine rings is 1. The third kappa shape index (κ3) is 2.23. The Morgan fingerprint density at radius 1 is 1.56 bits per heavy atom. The summed E-state index contributed by atoms with van der Waals surface area (Å²) in [5, 5.41) is 9.37. The molecule has 2 heterocycles. The highest BCUT2D eigenvalue weighted by atomic mass is 79.9. The predicted molar refractivity (Wildman–Crippen MR) is 68.4 cm³/mol. The fourth-order valence-electron chi connectivity index (χ4n) is 2.44. The van der Waals surface area contributed by atoms with E-state index in [1.807, 2.05) is 6.07 Å². The van der Waals surface area contributed by atoms with E-state index >= 15 is 0 Å². The van der Waals surface area contributed by atoms with Crippen LogP contribution < -0.4 is 4.90 Å². The first-order valence-electron chi connectivity index (χ1n) is 5.63. The van der Waals surface area contributed by atoms with E-state index < -0.39 is 0 Å². The van der Waals surface area contributed by atoms with Crippen LogP contribution in [0.25, 0.3) is 0 Å². The molecule has 1 aliphatic rings. The third-order valence-corrected chi connectivity index (χ3v) is 3.57. The van der Waals surface area contributed by atoms with Crippen molar-refractivity contribution in [3.63, 3.8) is 0 Å². The van der Waals surface area contributed by atoms with Gasteiger partial charge in [0.15, 0.2) is 0 Å². The van der Waals surface area contributed by atoms with Crippen LogP contribution in [0.15, 0.2) is 16.7 Å². The third-order valence-electron chi connectivity index (χ3n) is 3.14. The fourth-order valence-corrected chi connectivity index (χ4v) is 2.82. The molecular weight excluding hydrogens is 268 g/mol. The largest absolute Gasteiger partial charge is 0.392 e. The fraction of sp³-hybridized carbons (Fsp3) is 0.583. The molecule has 0 saturated carbocycles. The lowest BCUT2D eigenvalue weighted by atomic mass is 10.1. The second-order valence-electron chi connectivity index (χ2n) is 4.64. The Morgan fingerprint density at radius 3 is 2.88 bits per heavy atom. The molecule has 1 aromatic heterocycles. The van der Waals surface area contributed by atoms with Crippen molar-refractivity contribution in [1.29, 1.82) is 0 Å². The Morgan fingerprint density at radius 2 is 2.31 bits per heavy atom. The first-order valence-corrected chi connectivity index (χ1v) is 6.43. The van der Waals surface area contributed by atoms with Crippen molar-refractivity contribution in [2.45, 2.75) is 32.9 Å².